The van der Waals surface area contributed by atoms with Gasteiger partial charge >= 0.3 is 0 Å². The van der Waals surface area contributed by atoms with Crippen LogP contribution in [-0.2, 0) is 4.79 Å². The van der Waals surface area contributed by atoms with E-state index in [9.17, 15) is 4.79 Å². The summed E-state index contributed by atoms with van der Waals surface area (Å²) >= 11 is 0. The first kappa shape index (κ1) is 12.5. The molecule has 1 aliphatic heterocycles. The van der Waals surface area contributed by atoms with Crippen LogP contribution in [0.2, 0.25) is 0 Å². The van der Waals surface area contributed by atoms with E-state index in [4.69, 9.17) is 0 Å². The molecule has 0 aliphatic carbocycles. The predicted octanol–water partition coefficient (Wildman–Crippen LogP) is 1.68. The maximum Gasteiger partial charge on any atom is 0.237 e. The molecule has 0 radical (unpaired) electrons. The number of nitrogens with one attached hydrogen (secondary N) is 2. The lowest BCUT2D eigenvalue weighted by atomic mass is 10.0. The van der Waals surface area contributed by atoms with Crippen molar-refractivity contribution in [1.82, 2.24) is 10.6 Å². The van der Waals surface area contributed by atoms with E-state index >= 15 is 0 Å². The molecule has 1 aliphatic rings. The average molecular weight is 212 g/mol. The van der Waals surface area contributed by atoms with Gasteiger partial charge in [0.1, 0.15) is 0 Å². The van der Waals surface area contributed by atoms with Crippen molar-refractivity contribution < 1.29 is 4.79 Å². The van der Waals surface area contributed by atoms with Crippen LogP contribution in [0.4, 0.5) is 0 Å². The predicted molar refractivity (Wildman–Crippen MR) is 62.7 cm³/mol. The van der Waals surface area contributed by atoms with Gasteiger partial charge in [-0.15, -0.1) is 0 Å². The van der Waals surface area contributed by atoms with Crippen LogP contribution in [-0.4, -0.2) is 25.0 Å². The van der Waals surface area contributed by atoms with E-state index < -0.39 is 0 Å². The van der Waals surface area contributed by atoms with Gasteiger partial charge in [0.05, 0.1) is 6.04 Å². The van der Waals surface area contributed by atoms with Gasteiger partial charge in [-0.2, -0.15) is 0 Å². The summed E-state index contributed by atoms with van der Waals surface area (Å²) in [5, 5.41) is 6.35. The Balaban J connectivity index is 2.31. The van der Waals surface area contributed by atoms with Crippen molar-refractivity contribution in [3.05, 3.63) is 0 Å². The fourth-order valence-electron chi connectivity index (χ4n) is 2.02. The third-order valence-corrected chi connectivity index (χ3v) is 3.34. The van der Waals surface area contributed by atoms with Crippen LogP contribution in [0.3, 0.4) is 0 Å². The SMILES string of the molecule is CCC(CC)CNC1CCCCNC1=O. The first-order valence-corrected chi connectivity index (χ1v) is 6.29. The van der Waals surface area contributed by atoms with E-state index in [1.165, 1.54) is 12.8 Å². The molecule has 1 unspecified atom stereocenters. The summed E-state index contributed by atoms with van der Waals surface area (Å²) in [5.74, 6) is 0.902. The maximum absolute atomic E-state index is 11.6. The molecule has 1 amide bonds. The highest BCUT2D eigenvalue weighted by molar-refractivity contribution is 5.81. The molecule has 88 valence electrons. The lowest BCUT2D eigenvalue weighted by Gasteiger charge is -2.19. The van der Waals surface area contributed by atoms with Crippen LogP contribution in [0.25, 0.3) is 0 Å². The summed E-state index contributed by atoms with van der Waals surface area (Å²) in [6, 6.07) is 0.0492. The molecule has 1 atom stereocenters. The molecule has 0 saturated carbocycles. The Hall–Kier alpha value is -0.570. The monoisotopic (exact) mass is 212 g/mol. The van der Waals surface area contributed by atoms with Crippen LogP contribution in [0.15, 0.2) is 0 Å². The molecule has 15 heavy (non-hydrogen) atoms. The van der Waals surface area contributed by atoms with E-state index in [1.54, 1.807) is 0 Å². The number of rotatable bonds is 5. The Morgan fingerprint density at radius 1 is 1.40 bits per heavy atom. The third kappa shape index (κ3) is 4.20. The van der Waals surface area contributed by atoms with Gasteiger partial charge in [0.25, 0.3) is 0 Å². The van der Waals surface area contributed by atoms with Gasteiger partial charge in [0.15, 0.2) is 0 Å². The quantitative estimate of drug-likeness (QED) is 0.728. The summed E-state index contributed by atoms with van der Waals surface area (Å²) in [4.78, 5) is 11.6. The largest absolute Gasteiger partial charge is 0.355 e. The first-order chi connectivity index (χ1) is 7.27. The second-order valence-corrected chi connectivity index (χ2v) is 4.43. The molecular formula is C12H24N2O. The summed E-state index contributed by atoms with van der Waals surface area (Å²) in [7, 11) is 0. The summed E-state index contributed by atoms with van der Waals surface area (Å²) in [6.45, 7) is 6.25. The van der Waals surface area contributed by atoms with Crippen LogP contribution in [0, 0.1) is 5.92 Å². The first-order valence-electron chi connectivity index (χ1n) is 6.29. The molecule has 0 bridgehead atoms. The van der Waals surface area contributed by atoms with Gasteiger partial charge in [-0.25, -0.2) is 0 Å². The Morgan fingerprint density at radius 2 is 2.13 bits per heavy atom. The lowest BCUT2D eigenvalue weighted by Crippen LogP contribution is -2.44. The van der Waals surface area contributed by atoms with Crippen LogP contribution < -0.4 is 10.6 Å². The van der Waals surface area contributed by atoms with Crippen LogP contribution in [0.5, 0.6) is 0 Å². The summed E-state index contributed by atoms with van der Waals surface area (Å²) in [6.07, 6.45) is 5.65. The fourth-order valence-corrected chi connectivity index (χ4v) is 2.02. The van der Waals surface area contributed by atoms with Crippen LogP contribution in [0.1, 0.15) is 46.0 Å². The molecule has 1 fully saturated rings. The van der Waals surface area contributed by atoms with Crippen molar-refractivity contribution in [2.75, 3.05) is 13.1 Å². The zero-order valence-electron chi connectivity index (χ0n) is 10.0. The van der Waals surface area contributed by atoms with Crippen molar-refractivity contribution in [3.8, 4) is 0 Å². The van der Waals surface area contributed by atoms with Gasteiger partial charge in [-0.3, -0.25) is 4.79 Å². The Bertz CT molecular complexity index is 190. The topological polar surface area (TPSA) is 41.1 Å². The van der Waals surface area contributed by atoms with Crippen molar-refractivity contribution in [3.63, 3.8) is 0 Å². The fraction of sp³-hybridized carbons (Fsp3) is 0.917. The van der Waals surface area contributed by atoms with Gasteiger partial charge in [0.2, 0.25) is 5.91 Å². The molecule has 1 rings (SSSR count). The summed E-state index contributed by atoms with van der Waals surface area (Å²) in [5.41, 5.74) is 0. The zero-order valence-corrected chi connectivity index (χ0v) is 10.0. The maximum atomic E-state index is 11.6. The van der Waals surface area contributed by atoms with Gasteiger partial charge in [-0.05, 0) is 31.7 Å². The van der Waals surface area contributed by atoms with Gasteiger partial charge in [-0.1, -0.05) is 26.7 Å². The number of carbonyl (C=O) groups excluding carboxylic acids is 1. The second-order valence-electron chi connectivity index (χ2n) is 4.43. The highest BCUT2D eigenvalue weighted by atomic mass is 16.2. The molecular weight excluding hydrogens is 188 g/mol. The molecule has 1 heterocycles. The minimum Gasteiger partial charge on any atom is -0.355 e. The van der Waals surface area contributed by atoms with Crippen molar-refractivity contribution in [2.45, 2.75) is 52.0 Å². The Kier molecular flexibility index (Phi) is 5.69. The van der Waals surface area contributed by atoms with E-state index in [1.807, 2.05) is 0 Å². The normalized spacial score (nSPS) is 22.6. The molecule has 0 aromatic rings. The second kappa shape index (κ2) is 6.83. The average Bonchev–Trinajstić information content (AvgIpc) is 2.45. The minimum absolute atomic E-state index is 0.0492. The Morgan fingerprint density at radius 3 is 2.80 bits per heavy atom. The molecule has 3 nitrogen and oxygen atoms in total. The lowest BCUT2D eigenvalue weighted by molar-refractivity contribution is -0.122. The molecule has 1 saturated heterocycles. The Labute approximate surface area is 93.0 Å². The third-order valence-electron chi connectivity index (χ3n) is 3.34. The number of carbonyl (C=O) groups is 1. The highest BCUT2D eigenvalue weighted by Gasteiger charge is 2.20. The minimum atomic E-state index is 0.0492. The van der Waals surface area contributed by atoms with Crippen molar-refractivity contribution in [2.24, 2.45) is 5.92 Å². The standard InChI is InChI=1S/C12H24N2O/c1-3-10(4-2)9-14-11-7-5-6-8-13-12(11)15/h10-11,14H,3-9H2,1-2H3,(H,13,15). The van der Waals surface area contributed by atoms with Crippen LogP contribution >= 0.6 is 0 Å². The number of hydrogen-bond donors (Lipinski definition) is 2. The number of hydrogen-bond acceptors (Lipinski definition) is 2. The van der Waals surface area contributed by atoms with Crippen molar-refractivity contribution >= 4 is 5.91 Å². The van der Waals surface area contributed by atoms with E-state index in [0.29, 0.717) is 5.92 Å². The van der Waals surface area contributed by atoms with E-state index in [-0.39, 0.29) is 11.9 Å². The molecule has 0 spiro atoms. The molecule has 0 aromatic heterocycles. The van der Waals surface area contributed by atoms with Gasteiger partial charge < -0.3 is 10.6 Å². The van der Waals surface area contributed by atoms with E-state index in [0.717, 1.165) is 32.4 Å². The van der Waals surface area contributed by atoms with E-state index in [2.05, 4.69) is 24.5 Å². The molecule has 2 N–H and O–H groups in total. The number of amides is 1. The van der Waals surface area contributed by atoms with Crippen molar-refractivity contribution in [1.29, 1.82) is 0 Å². The molecule has 0 aromatic carbocycles. The molecule has 3 heteroatoms. The zero-order chi connectivity index (χ0) is 11.1. The smallest absolute Gasteiger partial charge is 0.237 e. The van der Waals surface area contributed by atoms with Gasteiger partial charge in [0, 0.05) is 6.54 Å². The summed E-state index contributed by atoms with van der Waals surface area (Å²) < 4.78 is 0. The highest BCUT2D eigenvalue weighted by Crippen LogP contribution is 2.09.